The number of aromatic amines is 1. The first kappa shape index (κ1) is 15.3. The van der Waals surface area contributed by atoms with Crippen molar-refractivity contribution < 1.29 is 4.74 Å². The number of H-pyrrole nitrogens is 1. The first-order valence-corrected chi connectivity index (χ1v) is 7.89. The highest BCUT2D eigenvalue weighted by atomic mass is 16.5. The normalized spacial score (nSPS) is 11.1. The summed E-state index contributed by atoms with van der Waals surface area (Å²) in [5.41, 5.74) is 4.27. The van der Waals surface area contributed by atoms with Crippen LogP contribution in [0.2, 0.25) is 0 Å². The average molecular weight is 311 g/mol. The van der Waals surface area contributed by atoms with Gasteiger partial charge in [-0.2, -0.15) is 0 Å². The largest absolute Gasteiger partial charge is 0.493 e. The third-order valence-corrected chi connectivity index (χ3v) is 4.10. The van der Waals surface area contributed by atoms with Gasteiger partial charge in [0, 0.05) is 28.9 Å². The molecule has 1 N–H and O–H groups in total. The molecule has 0 radical (unpaired) electrons. The monoisotopic (exact) mass is 311 g/mol. The van der Waals surface area contributed by atoms with E-state index in [0.717, 1.165) is 34.8 Å². The Morgan fingerprint density at radius 1 is 1.17 bits per heavy atom. The van der Waals surface area contributed by atoms with Gasteiger partial charge in [-0.3, -0.25) is 9.89 Å². The zero-order valence-corrected chi connectivity index (χ0v) is 13.7. The summed E-state index contributed by atoms with van der Waals surface area (Å²) in [6.45, 7) is 6.38. The van der Waals surface area contributed by atoms with Gasteiger partial charge in [-0.25, -0.2) is 9.50 Å². The number of nitrogens with zero attached hydrogens (tertiary/aromatic N) is 2. The lowest BCUT2D eigenvalue weighted by Gasteiger charge is -2.08. The lowest BCUT2D eigenvalue weighted by molar-refractivity contribution is 0.321. The molecule has 2 aromatic heterocycles. The summed E-state index contributed by atoms with van der Waals surface area (Å²) in [4.78, 5) is 17.3. The van der Waals surface area contributed by atoms with Gasteiger partial charge in [0.05, 0.1) is 6.61 Å². The Balaban J connectivity index is 1.88. The van der Waals surface area contributed by atoms with E-state index in [1.807, 2.05) is 44.2 Å². The van der Waals surface area contributed by atoms with Crippen LogP contribution in [0.4, 0.5) is 0 Å². The van der Waals surface area contributed by atoms with Gasteiger partial charge in [0.15, 0.2) is 5.65 Å². The highest BCUT2D eigenvalue weighted by Crippen LogP contribution is 2.15. The molecule has 3 rings (SSSR count). The molecule has 0 amide bonds. The molecule has 23 heavy (non-hydrogen) atoms. The number of rotatable bonds is 5. The molecule has 0 unspecified atom stereocenters. The highest BCUT2D eigenvalue weighted by Gasteiger charge is 2.15. The summed E-state index contributed by atoms with van der Waals surface area (Å²) in [7, 11) is 0. The SMILES string of the molecule is CCc1c(C)[nH]n2c(=O)c(CCOc3ccccc3)c(C)nc12. The average Bonchev–Trinajstić information content (AvgIpc) is 2.87. The standard InChI is InChI=1S/C18H21N3O2/c1-4-15-13(3)20-21-17(15)19-12(2)16(18(21)22)10-11-23-14-8-6-5-7-9-14/h5-9,20H,4,10-11H2,1-3H3. The molecule has 0 aliphatic heterocycles. The zero-order valence-electron chi connectivity index (χ0n) is 13.7. The molecule has 0 bridgehead atoms. The predicted octanol–water partition coefficient (Wildman–Crippen LogP) is 2.82. The summed E-state index contributed by atoms with van der Waals surface area (Å²) in [5, 5.41) is 3.12. The van der Waals surface area contributed by atoms with Crippen molar-refractivity contribution in [1.82, 2.24) is 14.6 Å². The summed E-state index contributed by atoms with van der Waals surface area (Å²) >= 11 is 0. The maximum Gasteiger partial charge on any atom is 0.276 e. The molecule has 120 valence electrons. The fourth-order valence-corrected chi connectivity index (χ4v) is 2.87. The summed E-state index contributed by atoms with van der Waals surface area (Å²) < 4.78 is 7.25. The predicted molar refractivity (Wildman–Crippen MR) is 90.3 cm³/mol. The Morgan fingerprint density at radius 2 is 1.91 bits per heavy atom. The fraction of sp³-hybridized carbons (Fsp3) is 0.333. The quantitative estimate of drug-likeness (QED) is 0.788. The van der Waals surface area contributed by atoms with Crippen molar-refractivity contribution in [2.75, 3.05) is 6.61 Å². The Morgan fingerprint density at radius 3 is 2.61 bits per heavy atom. The van der Waals surface area contributed by atoms with Gasteiger partial charge >= 0.3 is 0 Å². The number of aryl methyl sites for hydroxylation is 3. The molecule has 0 aliphatic carbocycles. The first-order valence-electron chi connectivity index (χ1n) is 7.89. The number of fused-ring (bicyclic) bond motifs is 1. The van der Waals surface area contributed by atoms with Crippen LogP contribution in [0.5, 0.6) is 5.75 Å². The van der Waals surface area contributed by atoms with Crippen molar-refractivity contribution in [2.24, 2.45) is 0 Å². The van der Waals surface area contributed by atoms with Gasteiger partial charge in [-0.15, -0.1) is 0 Å². The third kappa shape index (κ3) is 2.86. The van der Waals surface area contributed by atoms with E-state index >= 15 is 0 Å². The number of aromatic nitrogens is 3. The molecule has 0 fully saturated rings. The van der Waals surface area contributed by atoms with Gasteiger partial charge in [-0.05, 0) is 32.4 Å². The summed E-state index contributed by atoms with van der Waals surface area (Å²) in [6, 6.07) is 9.61. The Hall–Kier alpha value is -2.56. The third-order valence-electron chi connectivity index (χ3n) is 4.10. The second-order valence-electron chi connectivity index (χ2n) is 5.62. The molecule has 0 saturated heterocycles. The zero-order chi connectivity index (χ0) is 16.4. The molecule has 2 heterocycles. The van der Waals surface area contributed by atoms with Crippen molar-refractivity contribution in [3.63, 3.8) is 0 Å². The molecule has 0 spiro atoms. The van der Waals surface area contributed by atoms with Crippen LogP contribution in [0.1, 0.15) is 29.4 Å². The van der Waals surface area contributed by atoms with E-state index in [9.17, 15) is 4.79 Å². The summed E-state index contributed by atoms with van der Waals surface area (Å²) in [6.07, 6.45) is 1.39. The van der Waals surface area contributed by atoms with Crippen LogP contribution in [0, 0.1) is 13.8 Å². The minimum Gasteiger partial charge on any atom is -0.493 e. The molecule has 3 aromatic rings. The van der Waals surface area contributed by atoms with Crippen LogP contribution in [0.25, 0.3) is 5.65 Å². The van der Waals surface area contributed by atoms with E-state index in [2.05, 4.69) is 17.0 Å². The summed E-state index contributed by atoms with van der Waals surface area (Å²) in [5.74, 6) is 0.809. The molecule has 5 heteroatoms. The van der Waals surface area contributed by atoms with Gasteiger partial charge < -0.3 is 4.74 Å². The van der Waals surface area contributed by atoms with Crippen LogP contribution >= 0.6 is 0 Å². The maximum absolute atomic E-state index is 12.7. The number of para-hydroxylation sites is 1. The molecule has 0 atom stereocenters. The van der Waals surface area contributed by atoms with Gasteiger partial charge in [0.2, 0.25) is 0 Å². The second-order valence-corrected chi connectivity index (χ2v) is 5.62. The van der Waals surface area contributed by atoms with Crippen LogP contribution in [0.15, 0.2) is 35.1 Å². The van der Waals surface area contributed by atoms with Crippen molar-refractivity contribution in [2.45, 2.75) is 33.6 Å². The molecule has 5 nitrogen and oxygen atoms in total. The second kappa shape index (κ2) is 6.28. The molecule has 0 aliphatic rings. The van der Waals surface area contributed by atoms with Gasteiger partial charge in [-0.1, -0.05) is 25.1 Å². The number of ether oxygens (including phenoxy) is 1. The molecule has 1 aromatic carbocycles. The van der Waals surface area contributed by atoms with Crippen LogP contribution in [-0.2, 0) is 12.8 Å². The number of hydrogen-bond donors (Lipinski definition) is 1. The van der Waals surface area contributed by atoms with Gasteiger partial charge in [0.1, 0.15) is 5.75 Å². The van der Waals surface area contributed by atoms with E-state index in [1.54, 1.807) is 4.52 Å². The number of hydrogen-bond acceptors (Lipinski definition) is 3. The van der Waals surface area contributed by atoms with E-state index < -0.39 is 0 Å². The smallest absolute Gasteiger partial charge is 0.276 e. The van der Waals surface area contributed by atoms with Crippen molar-refractivity contribution in [1.29, 1.82) is 0 Å². The number of nitrogens with one attached hydrogen (secondary N) is 1. The number of benzene rings is 1. The van der Waals surface area contributed by atoms with E-state index in [0.29, 0.717) is 18.6 Å². The lowest BCUT2D eigenvalue weighted by atomic mass is 10.1. The Kier molecular flexibility index (Phi) is 4.19. The van der Waals surface area contributed by atoms with E-state index in [4.69, 9.17) is 4.74 Å². The van der Waals surface area contributed by atoms with Crippen LogP contribution in [-0.4, -0.2) is 21.2 Å². The first-order chi connectivity index (χ1) is 11.1. The topological polar surface area (TPSA) is 59.4 Å². The molecule has 0 saturated carbocycles. The minimum absolute atomic E-state index is 0.0352. The van der Waals surface area contributed by atoms with E-state index in [-0.39, 0.29) is 5.56 Å². The van der Waals surface area contributed by atoms with E-state index in [1.165, 1.54) is 0 Å². The van der Waals surface area contributed by atoms with Crippen LogP contribution < -0.4 is 10.3 Å². The Bertz CT molecular complexity index is 879. The van der Waals surface area contributed by atoms with Gasteiger partial charge in [0.25, 0.3) is 5.56 Å². The van der Waals surface area contributed by atoms with Crippen molar-refractivity contribution >= 4 is 5.65 Å². The lowest BCUT2D eigenvalue weighted by Crippen LogP contribution is -2.23. The maximum atomic E-state index is 12.7. The molecular weight excluding hydrogens is 290 g/mol. The fourth-order valence-electron chi connectivity index (χ4n) is 2.87. The molecular formula is C18H21N3O2. The van der Waals surface area contributed by atoms with Crippen molar-refractivity contribution in [3.05, 3.63) is 63.2 Å². The van der Waals surface area contributed by atoms with Crippen molar-refractivity contribution in [3.8, 4) is 5.75 Å². The highest BCUT2D eigenvalue weighted by molar-refractivity contribution is 5.51. The van der Waals surface area contributed by atoms with Crippen LogP contribution in [0.3, 0.4) is 0 Å². The Labute approximate surface area is 134 Å². The minimum atomic E-state index is -0.0352.